The van der Waals surface area contributed by atoms with Crippen LogP contribution in [0.5, 0.6) is 0 Å². The molecule has 1 aromatic carbocycles. The molecule has 0 bridgehead atoms. The van der Waals surface area contributed by atoms with Crippen molar-refractivity contribution in [2.75, 3.05) is 23.8 Å². The van der Waals surface area contributed by atoms with E-state index in [1.165, 1.54) is 17.8 Å². The molecule has 0 atom stereocenters. The summed E-state index contributed by atoms with van der Waals surface area (Å²) in [5.41, 5.74) is 8.46. The lowest BCUT2D eigenvalue weighted by atomic mass is 10.1. The van der Waals surface area contributed by atoms with Crippen molar-refractivity contribution in [2.45, 2.75) is 19.3 Å². The van der Waals surface area contributed by atoms with Gasteiger partial charge in [0.05, 0.1) is 34.1 Å². The normalized spacial score (nSPS) is 15.1. The molecule has 0 unspecified atom stereocenters. The quantitative estimate of drug-likeness (QED) is 0.309. The number of benzene rings is 1. The lowest BCUT2D eigenvalue weighted by Gasteiger charge is -2.17. The van der Waals surface area contributed by atoms with E-state index in [0.717, 1.165) is 42.6 Å². The number of rotatable bonds is 4. The van der Waals surface area contributed by atoms with Crippen LogP contribution in [0.4, 0.5) is 11.6 Å². The van der Waals surface area contributed by atoms with Crippen LogP contribution in [0.1, 0.15) is 24.1 Å². The van der Waals surface area contributed by atoms with Crippen molar-refractivity contribution in [3.05, 3.63) is 53.5 Å². The predicted octanol–water partition coefficient (Wildman–Crippen LogP) is 2.38. The van der Waals surface area contributed by atoms with Crippen LogP contribution in [0.15, 0.2) is 58.2 Å². The molecule has 1 fully saturated rings. The van der Waals surface area contributed by atoms with Crippen LogP contribution in [0.2, 0.25) is 0 Å². The average Bonchev–Trinajstić information content (AvgIpc) is 3.39. The second-order valence-electron chi connectivity index (χ2n) is 7.15. The molecule has 30 heavy (non-hydrogen) atoms. The van der Waals surface area contributed by atoms with E-state index in [-0.39, 0.29) is 5.88 Å². The van der Waals surface area contributed by atoms with E-state index in [1.807, 2.05) is 42.5 Å². The third-order valence-electron chi connectivity index (χ3n) is 5.14. The van der Waals surface area contributed by atoms with Crippen molar-refractivity contribution < 1.29 is 14.4 Å². The topological polar surface area (TPSA) is 107 Å². The molecule has 152 valence electrons. The molecule has 2 N–H and O–H groups in total. The Morgan fingerprint density at radius 2 is 1.93 bits per heavy atom. The van der Waals surface area contributed by atoms with Crippen molar-refractivity contribution in [1.82, 2.24) is 10.3 Å². The number of anilines is 1. The average molecular weight is 420 g/mol. The smallest absolute Gasteiger partial charge is 0.324 e. The second-order valence-corrected chi connectivity index (χ2v) is 8.15. The highest BCUT2D eigenvalue weighted by molar-refractivity contribution is 7.21. The van der Waals surface area contributed by atoms with Gasteiger partial charge in [-0.1, -0.05) is 30.3 Å². The lowest BCUT2D eigenvalue weighted by Crippen LogP contribution is -2.60. The predicted molar refractivity (Wildman–Crippen MR) is 114 cm³/mol. The van der Waals surface area contributed by atoms with Gasteiger partial charge >= 0.3 is 5.88 Å². The van der Waals surface area contributed by atoms with Gasteiger partial charge in [0.1, 0.15) is 4.83 Å². The first kappa shape index (κ1) is 18.6. The zero-order valence-electron chi connectivity index (χ0n) is 16.2. The summed E-state index contributed by atoms with van der Waals surface area (Å²) in [7, 11) is 0. The Labute approximate surface area is 176 Å². The SMILES string of the molecule is Nc1c(/C([O-])=N/c2c[n+](N3CCCCC3)no2)sc2nc(-c3ccccc3)ccc12. The fourth-order valence-corrected chi connectivity index (χ4v) is 4.55. The zero-order valence-corrected chi connectivity index (χ0v) is 17.0. The van der Waals surface area contributed by atoms with Crippen molar-refractivity contribution in [3.63, 3.8) is 0 Å². The minimum absolute atomic E-state index is 0.153. The summed E-state index contributed by atoms with van der Waals surface area (Å²) in [6, 6.07) is 13.7. The molecule has 3 aromatic heterocycles. The van der Waals surface area contributed by atoms with Gasteiger partial charge in [0.15, 0.2) is 0 Å². The first-order valence-corrected chi connectivity index (χ1v) is 10.6. The van der Waals surface area contributed by atoms with Gasteiger partial charge in [0.2, 0.25) is 5.27 Å². The van der Waals surface area contributed by atoms with Crippen molar-refractivity contribution in [3.8, 4) is 11.3 Å². The Morgan fingerprint density at radius 1 is 1.13 bits per heavy atom. The Balaban J connectivity index is 1.45. The number of fused-ring (bicyclic) bond motifs is 1. The van der Waals surface area contributed by atoms with Crippen LogP contribution >= 0.6 is 11.3 Å². The summed E-state index contributed by atoms with van der Waals surface area (Å²) < 4.78 is 5.23. The van der Waals surface area contributed by atoms with Gasteiger partial charge < -0.3 is 10.8 Å². The molecule has 0 spiro atoms. The van der Waals surface area contributed by atoms with E-state index in [2.05, 4.69) is 20.3 Å². The number of nitrogens with zero attached hydrogens (tertiary/aromatic N) is 5. The van der Waals surface area contributed by atoms with E-state index in [4.69, 9.17) is 10.3 Å². The summed E-state index contributed by atoms with van der Waals surface area (Å²) in [5, 5.41) is 19.6. The molecule has 1 saturated heterocycles. The van der Waals surface area contributed by atoms with Gasteiger partial charge in [0, 0.05) is 16.8 Å². The maximum Gasteiger partial charge on any atom is 0.324 e. The molecule has 9 heteroatoms. The van der Waals surface area contributed by atoms with Crippen LogP contribution in [-0.4, -0.2) is 29.2 Å². The zero-order chi connectivity index (χ0) is 20.5. The molecule has 4 heterocycles. The van der Waals surface area contributed by atoms with Crippen LogP contribution in [0.3, 0.4) is 0 Å². The monoisotopic (exact) mass is 420 g/mol. The van der Waals surface area contributed by atoms with Gasteiger partial charge in [-0.3, -0.25) is 4.52 Å². The minimum atomic E-state index is -0.460. The standard InChI is InChI=1S/C21H20N6O2S/c22-18-15-9-10-16(14-7-3-1-4-8-14)23-21(15)30-19(18)20(28)24-17-13-27(25-29-17)26-11-5-2-6-12-26/h1,3-4,7-10,13H,2,5-6,11-12H2,(H2-,22,24,25,28). The highest BCUT2D eigenvalue weighted by Gasteiger charge is 2.22. The molecule has 4 aromatic rings. The molecule has 0 aliphatic carbocycles. The molecule has 1 aliphatic heterocycles. The number of pyridine rings is 1. The third kappa shape index (κ3) is 3.48. The maximum atomic E-state index is 12.8. The van der Waals surface area contributed by atoms with Gasteiger partial charge in [-0.05, 0) is 31.4 Å². The Hall–Kier alpha value is -3.46. The van der Waals surface area contributed by atoms with Crippen LogP contribution in [-0.2, 0) is 0 Å². The van der Waals surface area contributed by atoms with Crippen LogP contribution < -0.4 is 20.6 Å². The van der Waals surface area contributed by atoms with E-state index < -0.39 is 5.90 Å². The Kier molecular flexibility index (Phi) is 4.80. The molecular weight excluding hydrogens is 400 g/mol. The molecule has 5 rings (SSSR count). The summed E-state index contributed by atoms with van der Waals surface area (Å²) in [6.07, 6.45) is 5.07. The van der Waals surface area contributed by atoms with E-state index in [9.17, 15) is 5.11 Å². The summed E-state index contributed by atoms with van der Waals surface area (Å²) in [4.78, 5) is 11.4. The molecule has 0 saturated carbocycles. The third-order valence-corrected chi connectivity index (χ3v) is 6.24. The number of hydrogen-bond acceptors (Lipinski definition) is 8. The van der Waals surface area contributed by atoms with E-state index in [1.54, 1.807) is 11.0 Å². The number of aliphatic imine (C=N–C) groups is 1. The summed E-state index contributed by atoms with van der Waals surface area (Å²) in [5.74, 6) is -0.306. The highest BCUT2D eigenvalue weighted by Crippen LogP contribution is 2.34. The highest BCUT2D eigenvalue weighted by atomic mass is 32.1. The van der Waals surface area contributed by atoms with Crippen molar-refractivity contribution >= 4 is 39.0 Å². The largest absolute Gasteiger partial charge is 0.857 e. The Bertz CT molecular complexity index is 1210. The molecule has 1 aliphatic rings. The van der Waals surface area contributed by atoms with Gasteiger partial charge in [-0.25, -0.2) is 9.98 Å². The fourth-order valence-electron chi connectivity index (χ4n) is 3.57. The fraction of sp³-hybridized carbons (Fsp3) is 0.238. The van der Waals surface area contributed by atoms with Gasteiger partial charge in [0.25, 0.3) is 6.20 Å². The molecule has 0 amide bonds. The summed E-state index contributed by atoms with van der Waals surface area (Å²) in [6.45, 7) is 1.81. The number of thiophene rings is 1. The Morgan fingerprint density at radius 3 is 2.73 bits per heavy atom. The maximum absolute atomic E-state index is 12.8. The van der Waals surface area contributed by atoms with E-state index in [0.29, 0.717) is 15.4 Å². The number of aromatic nitrogens is 3. The van der Waals surface area contributed by atoms with Crippen LogP contribution in [0, 0.1) is 0 Å². The number of piperidine rings is 1. The molecule has 0 radical (unpaired) electrons. The molecular formula is C21H20N6O2S. The van der Waals surface area contributed by atoms with Crippen molar-refractivity contribution in [1.29, 1.82) is 0 Å². The van der Waals surface area contributed by atoms with Gasteiger partial charge in [-0.15, -0.1) is 11.3 Å². The first-order chi connectivity index (χ1) is 14.7. The minimum Gasteiger partial charge on any atom is -0.857 e. The first-order valence-electron chi connectivity index (χ1n) is 9.83. The number of nitrogens with two attached hydrogens (primary N) is 1. The number of hydrogen-bond donors (Lipinski definition) is 1. The molecule has 8 nitrogen and oxygen atoms in total. The summed E-state index contributed by atoms with van der Waals surface area (Å²) >= 11 is 1.24. The van der Waals surface area contributed by atoms with Gasteiger partial charge in [-0.2, -0.15) is 5.01 Å². The van der Waals surface area contributed by atoms with Crippen molar-refractivity contribution in [2.24, 2.45) is 4.99 Å². The lowest BCUT2D eigenvalue weighted by molar-refractivity contribution is -0.759. The van der Waals surface area contributed by atoms with E-state index >= 15 is 0 Å². The second kappa shape index (κ2) is 7.75. The van der Waals surface area contributed by atoms with Crippen LogP contribution in [0.25, 0.3) is 21.5 Å². The number of nitrogen functional groups attached to an aromatic ring is 1.